The van der Waals surface area contributed by atoms with E-state index in [2.05, 4.69) is 6.07 Å². The zero-order valence-corrected chi connectivity index (χ0v) is 15.9. The summed E-state index contributed by atoms with van der Waals surface area (Å²) in [5.74, 6) is -0.540. The van der Waals surface area contributed by atoms with Crippen LogP contribution in [0, 0.1) is 0 Å². The van der Waals surface area contributed by atoms with Gasteiger partial charge in [-0.05, 0) is 42.2 Å². The average Bonchev–Trinajstić information content (AvgIpc) is 3.04. The number of nitrogens with zero attached hydrogens (tertiary/aromatic N) is 2. The van der Waals surface area contributed by atoms with E-state index in [1.165, 1.54) is 10.5 Å². The maximum Gasteiger partial charge on any atom is 0.282 e. The molecule has 2 aliphatic heterocycles. The Hall–Kier alpha value is -3.66. The molecule has 0 atom stereocenters. The van der Waals surface area contributed by atoms with Crippen molar-refractivity contribution in [2.45, 2.75) is 12.8 Å². The summed E-state index contributed by atoms with van der Waals surface area (Å²) < 4.78 is 0. The van der Waals surface area contributed by atoms with Crippen LogP contribution in [0.2, 0.25) is 0 Å². The fourth-order valence-corrected chi connectivity index (χ4v) is 4.21. The molecule has 3 aromatic carbocycles. The summed E-state index contributed by atoms with van der Waals surface area (Å²) in [7, 11) is 0. The van der Waals surface area contributed by atoms with Gasteiger partial charge in [0.05, 0.1) is 11.3 Å². The van der Waals surface area contributed by atoms with E-state index in [1.54, 1.807) is 12.1 Å². The molecule has 0 saturated carbocycles. The van der Waals surface area contributed by atoms with Gasteiger partial charge in [-0.15, -0.1) is 0 Å². The summed E-state index contributed by atoms with van der Waals surface area (Å²) in [5, 5.41) is 0. The molecule has 0 unspecified atom stereocenters. The van der Waals surface area contributed by atoms with Gasteiger partial charge in [0.15, 0.2) is 0 Å². The molecule has 2 heterocycles. The molecule has 0 spiro atoms. The number of amides is 2. The van der Waals surface area contributed by atoms with E-state index in [9.17, 15) is 9.59 Å². The molecule has 142 valence electrons. The summed E-state index contributed by atoms with van der Waals surface area (Å²) in [6, 6.07) is 26.8. The molecule has 0 N–H and O–H groups in total. The first kappa shape index (κ1) is 17.4. The summed E-state index contributed by atoms with van der Waals surface area (Å²) >= 11 is 0. The van der Waals surface area contributed by atoms with Gasteiger partial charge in [0.25, 0.3) is 11.8 Å². The van der Waals surface area contributed by atoms with Crippen LogP contribution in [-0.2, 0) is 16.0 Å². The maximum absolute atomic E-state index is 13.6. The van der Waals surface area contributed by atoms with Gasteiger partial charge in [0, 0.05) is 12.2 Å². The number of rotatable bonds is 3. The highest BCUT2D eigenvalue weighted by molar-refractivity contribution is 6.46. The quantitative estimate of drug-likeness (QED) is 0.632. The average molecular weight is 380 g/mol. The monoisotopic (exact) mass is 380 g/mol. The lowest BCUT2D eigenvalue weighted by molar-refractivity contribution is -0.120. The molecule has 4 nitrogen and oxygen atoms in total. The van der Waals surface area contributed by atoms with Crippen molar-refractivity contribution in [3.8, 4) is 0 Å². The number of hydrogen-bond donors (Lipinski definition) is 0. The second-order valence-electron chi connectivity index (χ2n) is 7.25. The molecule has 3 aromatic rings. The smallest absolute Gasteiger partial charge is 0.282 e. The number of anilines is 2. The third-order valence-electron chi connectivity index (χ3n) is 5.52. The summed E-state index contributed by atoms with van der Waals surface area (Å²) in [4.78, 5) is 30.4. The van der Waals surface area contributed by atoms with Crippen LogP contribution >= 0.6 is 0 Å². The Morgan fingerprint density at radius 1 is 0.690 bits per heavy atom. The molecule has 0 fully saturated rings. The largest absolute Gasteiger partial charge is 0.336 e. The molecule has 5 rings (SSSR count). The van der Waals surface area contributed by atoms with Gasteiger partial charge in [0.2, 0.25) is 0 Å². The normalized spacial score (nSPS) is 16.4. The molecule has 2 aliphatic rings. The number of para-hydroxylation sites is 2. The number of imide groups is 1. The van der Waals surface area contributed by atoms with Crippen molar-refractivity contribution in [3.05, 3.63) is 102 Å². The lowest BCUT2D eigenvalue weighted by Gasteiger charge is -2.32. The van der Waals surface area contributed by atoms with Crippen molar-refractivity contribution in [1.29, 1.82) is 0 Å². The molecule has 0 aliphatic carbocycles. The molecular weight excluding hydrogens is 360 g/mol. The van der Waals surface area contributed by atoms with Crippen LogP contribution in [0.3, 0.4) is 0 Å². The Kier molecular flexibility index (Phi) is 4.24. The van der Waals surface area contributed by atoms with E-state index < -0.39 is 0 Å². The SMILES string of the molecule is O=C1C(c2ccccc2)=C(N2CCCc3ccccc32)C(=O)N1c1ccccc1. The predicted molar refractivity (Wildman–Crippen MR) is 114 cm³/mol. The highest BCUT2D eigenvalue weighted by Gasteiger charge is 2.43. The Morgan fingerprint density at radius 2 is 1.34 bits per heavy atom. The van der Waals surface area contributed by atoms with Crippen LogP contribution in [0.5, 0.6) is 0 Å². The standard InChI is InChI=1S/C25H20N2O2/c28-24-22(19-11-3-1-4-12-19)23(25(29)27(24)20-14-5-2-6-15-20)26-17-9-13-18-10-7-8-16-21(18)26/h1-8,10-12,14-16H,9,13,17H2. The van der Waals surface area contributed by atoms with Gasteiger partial charge >= 0.3 is 0 Å². The molecule has 2 amide bonds. The van der Waals surface area contributed by atoms with E-state index in [0.717, 1.165) is 24.1 Å². The summed E-state index contributed by atoms with van der Waals surface area (Å²) in [6.45, 7) is 0.713. The van der Waals surface area contributed by atoms with Crippen LogP contribution in [-0.4, -0.2) is 18.4 Å². The van der Waals surface area contributed by atoms with Crippen molar-refractivity contribution in [2.75, 3.05) is 16.3 Å². The van der Waals surface area contributed by atoms with Crippen LogP contribution in [0.15, 0.2) is 90.6 Å². The molecule has 29 heavy (non-hydrogen) atoms. The van der Waals surface area contributed by atoms with Gasteiger partial charge in [-0.1, -0.05) is 66.7 Å². The van der Waals surface area contributed by atoms with Crippen LogP contribution in [0.25, 0.3) is 5.57 Å². The first-order valence-electron chi connectivity index (χ1n) is 9.84. The molecule has 0 aromatic heterocycles. The molecule has 0 saturated heterocycles. The Bertz CT molecular complexity index is 1120. The van der Waals surface area contributed by atoms with E-state index in [4.69, 9.17) is 0 Å². The Labute approximate surface area is 169 Å². The third-order valence-corrected chi connectivity index (χ3v) is 5.52. The second-order valence-corrected chi connectivity index (χ2v) is 7.25. The summed E-state index contributed by atoms with van der Waals surface area (Å²) in [5.41, 5.74) is 4.52. The predicted octanol–water partition coefficient (Wildman–Crippen LogP) is 4.42. The van der Waals surface area contributed by atoms with Gasteiger partial charge in [0.1, 0.15) is 5.70 Å². The topological polar surface area (TPSA) is 40.6 Å². The molecule has 0 radical (unpaired) electrons. The van der Waals surface area contributed by atoms with E-state index >= 15 is 0 Å². The van der Waals surface area contributed by atoms with E-state index in [1.807, 2.05) is 71.6 Å². The van der Waals surface area contributed by atoms with Crippen LogP contribution < -0.4 is 9.80 Å². The van der Waals surface area contributed by atoms with Gasteiger partial charge in [-0.25, -0.2) is 4.90 Å². The zero-order valence-electron chi connectivity index (χ0n) is 15.9. The van der Waals surface area contributed by atoms with Gasteiger partial charge in [-0.2, -0.15) is 0 Å². The lowest BCUT2D eigenvalue weighted by atomic mass is 9.98. The third kappa shape index (κ3) is 2.85. The highest BCUT2D eigenvalue weighted by Crippen LogP contribution is 2.39. The molecule has 4 heteroatoms. The number of benzene rings is 3. The number of fused-ring (bicyclic) bond motifs is 1. The fraction of sp³-hybridized carbons (Fsp3) is 0.120. The molecular formula is C25H20N2O2. The highest BCUT2D eigenvalue weighted by atomic mass is 16.2. The Morgan fingerprint density at radius 3 is 2.10 bits per heavy atom. The van der Waals surface area contributed by atoms with Gasteiger partial charge < -0.3 is 4.90 Å². The first-order chi connectivity index (χ1) is 14.3. The minimum Gasteiger partial charge on any atom is -0.336 e. The van der Waals surface area contributed by atoms with Crippen molar-refractivity contribution in [3.63, 3.8) is 0 Å². The number of carbonyl (C=O) groups is 2. The number of aryl methyl sites for hydroxylation is 1. The number of carbonyl (C=O) groups excluding carboxylic acids is 2. The van der Waals surface area contributed by atoms with Crippen molar-refractivity contribution >= 4 is 28.8 Å². The van der Waals surface area contributed by atoms with Crippen molar-refractivity contribution in [2.24, 2.45) is 0 Å². The van der Waals surface area contributed by atoms with Crippen molar-refractivity contribution < 1.29 is 9.59 Å². The van der Waals surface area contributed by atoms with Crippen LogP contribution in [0.4, 0.5) is 11.4 Å². The fourth-order valence-electron chi connectivity index (χ4n) is 4.21. The van der Waals surface area contributed by atoms with Crippen LogP contribution in [0.1, 0.15) is 17.5 Å². The lowest BCUT2D eigenvalue weighted by Crippen LogP contribution is -2.37. The van der Waals surface area contributed by atoms with E-state index in [-0.39, 0.29) is 11.8 Å². The van der Waals surface area contributed by atoms with Crippen molar-refractivity contribution in [1.82, 2.24) is 0 Å². The summed E-state index contributed by atoms with van der Waals surface area (Å²) in [6.07, 6.45) is 1.92. The first-order valence-corrected chi connectivity index (χ1v) is 9.84. The minimum atomic E-state index is -0.273. The number of hydrogen-bond acceptors (Lipinski definition) is 3. The zero-order chi connectivity index (χ0) is 19.8. The molecule has 0 bridgehead atoms. The van der Waals surface area contributed by atoms with E-state index in [0.29, 0.717) is 23.5 Å². The van der Waals surface area contributed by atoms with Gasteiger partial charge in [-0.3, -0.25) is 9.59 Å². The second kappa shape index (κ2) is 7.06. The minimum absolute atomic E-state index is 0.267. The maximum atomic E-state index is 13.6. The Balaban J connectivity index is 1.70.